The zero-order valence-electron chi connectivity index (χ0n) is 10.0. The lowest BCUT2D eigenvalue weighted by Crippen LogP contribution is -2.48. The maximum absolute atomic E-state index is 5.93. The predicted octanol–water partition coefficient (Wildman–Crippen LogP) is 1.86. The topological polar surface area (TPSA) is 50.5 Å². The molecule has 1 aromatic carbocycles. The number of fused-ring (bicyclic) bond motifs is 1. The van der Waals surface area contributed by atoms with Crippen molar-refractivity contribution < 1.29 is 9.15 Å². The summed E-state index contributed by atoms with van der Waals surface area (Å²) in [5, 5.41) is 3.76. The van der Waals surface area contributed by atoms with Crippen LogP contribution in [0.25, 0.3) is 11.1 Å². The second kappa shape index (κ2) is 4.76. The first-order valence-corrected chi connectivity index (χ1v) is 6.24. The van der Waals surface area contributed by atoms with Crippen molar-refractivity contribution in [2.45, 2.75) is 6.23 Å². The Morgan fingerprint density at radius 1 is 1.50 bits per heavy atom. The summed E-state index contributed by atoms with van der Waals surface area (Å²) in [4.78, 5) is 6.53. The molecule has 1 aliphatic heterocycles. The van der Waals surface area contributed by atoms with Gasteiger partial charge in [0, 0.05) is 11.6 Å². The maximum Gasteiger partial charge on any atom is 0.298 e. The Hall–Kier alpha value is -1.30. The van der Waals surface area contributed by atoms with Crippen LogP contribution in [0.2, 0.25) is 5.02 Å². The van der Waals surface area contributed by atoms with Gasteiger partial charge >= 0.3 is 0 Å². The first-order chi connectivity index (χ1) is 8.76. The highest BCUT2D eigenvalue weighted by Crippen LogP contribution is 2.25. The van der Waals surface area contributed by atoms with E-state index in [0.29, 0.717) is 17.6 Å². The number of rotatable bonds is 2. The summed E-state index contributed by atoms with van der Waals surface area (Å²) in [5.74, 6) is 0. The van der Waals surface area contributed by atoms with Crippen LogP contribution in [0.3, 0.4) is 0 Å². The van der Waals surface area contributed by atoms with E-state index in [1.165, 1.54) is 0 Å². The Morgan fingerprint density at radius 3 is 3.22 bits per heavy atom. The number of ether oxygens (including phenoxy) is 1. The summed E-state index contributed by atoms with van der Waals surface area (Å²) < 4.78 is 11.3. The lowest BCUT2D eigenvalue weighted by Gasteiger charge is -2.31. The SMILES string of the molecule is CNC1CN(c2nc3cc(Cl)ccc3o2)CCO1. The molecule has 0 aliphatic carbocycles. The molecule has 0 radical (unpaired) electrons. The van der Waals surface area contributed by atoms with Crippen LogP contribution in [0.15, 0.2) is 22.6 Å². The number of oxazole rings is 1. The number of morpholine rings is 1. The van der Waals surface area contributed by atoms with E-state index in [0.717, 1.165) is 24.2 Å². The molecular formula is C12H14ClN3O2. The summed E-state index contributed by atoms with van der Waals surface area (Å²) in [6.07, 6.45) is 0.0114. The molecule has 2 aromatic rings. The second-order valence-corrected chi connectivity index (χ2v) is 4.64. The van der Waals surface area contributed by atoms with Gasteiger partial charge in [-0.3, -0.25) is 5.32 Å². The minimum atomic E-state index is 0.0114. The van der Waals surface area contributed by atoms with Crippen molar-refractivity contribution in [2.24, 2.45) is 0 Å². The molecule has 1 fully saturated rings. The van der Waals surface area contributed by atoms with Crippen LogP contribution in [0.4, 0.5) is 6.01 Å². The number of anilines is 1. The molecule has 1 unspecified atom stereocenters. The third-order valence-corrected chi connectivity index (χ3v) is 3.23. The molecule has 1 atom stereocenters. The molecule has 18 heavy (non-hydrogen) atoms. The first kappa shape index (κ1) is 11.8. The number of likely N-dealkylation sites (N-methyl/N-ethyl adjacent to an activating group) is 1. The highest BCUT2D eigenvalue weighted by molar-refractivity contribution is 6.31. The van der Waals surface area contributed by atoms with Crippen molar-refractivity contribution in [1.29, 1.82) is 0 Å². The standard InChI is InChI=1S/C12H14ClN3O2/c1-14-11-7-16(4-5-17-11)12-15-9-6-8(13)2-3-10(9)18-12/h2-3,6,11,14H,4-5,7H2,1H3. The highest BCUT2D eigenvalue weighted by atomic mass is 35.5. The van der Waals surface area contributed by atoms with Crippen LogP contribution < -0.4 is 10.2 Å². The molecule has 6 heteroatoms. The van der Waals surface area contributed by atoms with E-state index in [2.05, 4.69) is 15.2 Å². The van der Waals surface area contributed by atoms with Gasteiger partial charge in [0.25, 0.3) is 6.01 Å². The van der Waals surface area contributed by atoms with Gasteiger partial charge in [0.15, 0.2) is 5.58 Å². The molecule has 0 bridgehead atoms. The average Bonchev–Trinajstić information content (AvgIpc) is 2.81. The summed E-state index contributed by atoms with van der Waals surface area (Å²) in [6, 6.07) is 6.06. The molecule has 1 saturated heterocycles. The van der Waals surface area contributed by atoms with E-state index in [1.54, 1.807) is 12.1 Å². The molecule has 1 aliphatic rings. The number of hydrogen-bond acceptors (Lipinski definition) is 5. The van der Waals surface area contributed by atoms with Gasteiger partial charge in [0.1, 0.15) is 11.7 Å². The Balaban J connectivity index is 1.89. The fourth-order valence-electron chi connectivity index (χ4n) is 2.02. The summed E-state index contributed by atoms with van der Waals surface area (Å²) >= 11 is 5.93. The van der Waals surface area contributed by atoms with Gasteiger partial charge in [-0.15, -0.1) is 0 Å². The van der Waals surface area contributed by atoms with Crippen molar-refractivity contribution in [3.63, 3.8) is 0 Å². The van der Waals surface area contributed by atoms with E-state index in [-0.39, 0.29) is 6.23 Å². The van der Waals surface area contributed by atoms with E-state index < -0.39 is 0 Å². The normalized spacial score (nSPS) is 20.6. The number of hydrogen-bond donors (Lipinski definition) is 1. The van der Waals surface area contributed by atoms with Crippen molar-refractivity contribution in [1.82, 2.24) is 10.3 Å². The van der Waals surface area contributed by atoms with Crippen LogP contribution in [0.1, 0.15) is 0 Å². The van der Waals surface area contributed by atoms with E-state index in [4.69, 9.17) is 20.8 Å². The maximum atomic E-state index is 5.93. The van der Waals surface area contributed by atoms with Crippen molar-refractivity contribution in [3.8, 4) is 0 Å². The summed E-state index contributed by atoms with van der Waals surface area (Å²) in [6.45, 7) is 2.15. The minimum absolute atomic E-state index is 0.0114. The quantitative estimate of drug-likeness (QED) is 0.900. The van der Waals surface area contributed by atoms with Crippen LogP contribution in [0.5, 0.6) is 0 Å². The smallest absolute Gasteiger partial charge is 0.298 e. The molecule has 0 amide bonds. The number of benzene rings is 1. The molecule has 0 saturated carbocycles. The Labute approximate surface area is 110 Å². The van der Waals surface area contributed by atoms with Gasteiger partial charge in [0.05, 0.1) is 13.2 Å². The third-order valence-electron chi connectivity index (χ3n) is 3.00. The van der Waals surface area contributed by atoms with Crippen LogP contribution in [0, 0.1) is 0 Å². The van der Waals surface area contributed by atoms with Gasteiger partial charge in [-0.05, 0) is 25.2 Å². The fraction of sp³-hybridized carbons (Fsp3) is 0.417. The van der Waals surface area contributed by atoms with E-state index in [1.807, 2.05) is 13.1 Å². The molecule has 1 aromatic heterocycles. The largest absolute Gasteiger partial charge is 0.423 e. The van der Waals surface area contributed by atoms with Crippen molar-refractivity contribution >= 4 is 28.7 Å². The Morgan fingerprint density at radius 2 is 2.39 bits per heavy atom. The van der Waals surface area contributed by atoms with Gasteiger partial charge in [-0.1, -0.05) is 11.6 Å². The Kier molecular flexibility index (Phi) is 3.11. The molecule has 96 valence electrons. The number of aromatic nitrogens is 1. The minimum Gasteiger partial charge on any atom is -0.423 e. The van der Waals surface area contributed by atoms with Crippen molar-refractivity contribution in [3.05, 3.63) is 23.2 Å². The fourth-order valence-corrected chi connectivity index (χ4v) is 2.19. The summed E-state index contributed by atoms with van der Waals surface area (Å²) in [7, 11) is 1.88. The van der Waals surface area contributed by atoms with Gasteiger partial charge < -0.3 is 14.1 Å². The third kappa shape index (κ3) is 2.16. The monoisotopic (exact) mass is 267 g/mol. The van der Waals surface area contributed by atoms with Gasteiger partial charge in [-0.25, -0.2) is 0 Å². The molecule has 2 heterocycles. The zero-order chi connectivity index (χ0) is 12.5. The van der Waals surface area contributed by atoms with Crippen LogP contribution >= 0.6 is 11.6 Å². The summed E-state index contributed by atoms with van der Waals surface area (Å²) in [5.41, 5.74) is 1.53. The Bertz CT molecular complexity index is 557. The van der Waals surface area contributed by atoms with Crippen LogP contribution in [-0.2, 0) is 4.74 Å². The second-order valence-electron chi connectivity index (χ2n) is 4.20. The predicted molar refractivity (Wildman–Crippen MR) is 70.0 cm³/mol. The molecule has 1 N–H and O–H groups in total. The molecule has 5 nitrogen and oxygen atoms in total. The molecule has 3 rings (SSSR count). The van der Waals surface area contributed by atoms with Gasteiger partial charge in [0.2, 0.25) is 0 Å². The van der Waals surface area contributed by atoms with Gasteiger partial charge in [-0.2, -0.15) is 4.98 Å². The van der Waals surface area contributed by atoms with Crippen molar-refractivity contribution in [2.75, 3.05) is 31.6 Å². The number of halogens is 1. The average molecular weight is 268 g/mol. The molecule has 0 spiro atoms. The van der Waals surface area contributed by atoms with E-state index >= 15 is 0 Å². The zero-order valence-corrected chi connectivity index (χ0v) is 10.8. The lowest BCUT2D eigenvalue weighted by molar-refractivity contribution is 0.0219. The first-order valence-electron chi connectivity index (χ1n) is 5.86. The van der Waals surface area contributed by atoms with Crippen LogP contribution in [-0.4, -0.2) is 38.0 Å². The lowest BCUT2D eigenvalue weighted by atomic mass is 10.3. The highest BCUT2D eigenvalue weighted by Gasteiger charge is 2.22. The number of nitrogens with one attached hydrogen (secondary N) is 1. The van der Waals surface area contributed by atoms with E-state index in [9.17, 15) is 0 Å². The number of nitrogens with zero attached hydrogens (tertiary/aromatic N) is 2. The molecular weight excluding hydrogens is 254 g/mol.